The second-order valence-electron chi connectivity index (χ2n) is 2.97. The maximum Gasteiger partial charge on any atom is 0.356 e. The van der Waals surface area contributed by atoms with Gasteiger partial charge in [-0.3, -0.25) is 0 Å². The van der Waals surface area contributed by atoms with E-state index >= 15 is 0 Å². The van der Waals surface area contributed by atoms with Crippen molar-refractivity contribution in [2.45, 2.75) is 6.92 Å². The highest BCUT2D eigenvalue weighted by atomic mass is 79.9. The Morgan fingerprint density at radius 2 is 2.40 bits per heavy atom. The van der Waals surface area contributed by atoms with Crippen molar-refractivity contribution in [3.8, 4) is 0 Å². The number of nitrogens with one attached hydrogen (secondary N) is 1. The number of pyridine rings is 1. The Balaban J connectivity index is 2.41. The van der Waals surface area contributed by atoms with Crippen molar-refractivity contribution in [2.75, 3.05) is 6.61 Å². The summed E-state index contributed by atoms with van der Waals surface area (Å²) in [7, 11) is 0. The number of carbonyl (C=O) groups excluding carboxylic acids is 1. The third kappa shape index (κ3) is 2.02. The molecule has 0 aliphatic carbocycles. The molecule has 5 heteroatoms. The number of halogens is 1. The second kappa shape index (κ2) is 4.02. The van der Waals surface area contributed by atoms with Gasteiger partial charge in [0.05, 0.1) is 22.2 Å². The van der Waals surface area contributed by atoms with Crippen LogP contribution in [0.5, 0.6) is 0 Å². The van der Waals surface area contributed by atoms with Crippen LogP contribution < -0.4 is 0 Å². The van der Waals surface area contributed by atoms with Crippen LogP contribution in [0.2, 0.25) is 0 Å². The number of rotatable bonds is 2. The summed E-state index contributed by atoms with van der Waals surface area (Å²) in [6.45, 7) is 2.12. The largest absolute Gasteiger partial charge is 0.461 e. The fourth-order valence-electron chi connectivity index (χ4n) is 1.29. The lowest BCUT2D eigenvalue weighted by molar-refractivity contribution is 0.0520. The Labute approximate surface area is 94.8 Å². The SMILES string of the molecule is CCOC(=O)c1ccc2[nH]c(Br)cc2n1. The third-order valence-corrected chi connectivity index (χ3v) is 2.35. The lowest BCUT2D eigenvalue weighted by atomic mass is 10.3. The molecule has 15 heavy (non-hydrogen) atoms. The topological polar surface area (TPSA) is 55.0 Å². The van der Waals surface area contributed by atoms with Crippen LogP contribution in [0, 0.1) is 0 Å². The molecule has 0 spiro atoms. The van der Waals surface area contributed by atoms with Crippen molar-refractivity contribution in [3.05, 3.63) is 28.5 Å². The molecule has 0 radical (unpaired) electrons. The zero-order valence-electron chi connectivity index (χ0n) is 8.08. The number of aromatic nitrogens is 2. The van der Waals surface area contributed by atoms with Gasteiger partial charge in [-0.25, -0.2) is 9.78 Å². The molecule has 0 unspecified atom stereocenters. The highest BCUT2D eigenvalue weighted by Crippen LogP contribution is 2.17. The maximum atomic E-state index is 11.4. The predicted molar refractivity (Wildman–Crippen MR) is 59.8 cm³/mol. The fourth-order valence-corrected chi connectivity index (χ4v) is 1.72. The van der Waals surface area contributed by atoms with Crippen LogP contribution in [-0.2, 0) is 4.74 Å². The number of hydrogen-bond donors (Lipinski definition) is 1. The molecule has 4 nitrogen and oxygen atoms in total. The number of fused-ring (bicyclic) bond motifs is 1. The van der Waals surface area contributed by atoms with E-state index in [2.05, 4.69) is 25.9 Å². The molecule has 2 aromatic heterocycles. The first-order valence-corrected chi connectivity index (χ1v) is 5.32. The Morgan fingerprint density at radius 1 is 1.60 bits per heavy atom. The van der Waals surface area contributed by atoms with Gasteiger partial charge in [-0.2, -0.15) is 0 Å². The van der Waals surface area contributed by atoms with Crippen molar-refractivity contribution >= 4 is 32.9 Å². The number of aromatic amines is 1. The highest BCUT2D eigenvalue weighted by molar-refractivity contribution is 9.10. The lowest BCUT2D eigenvalue weighted by Gasteiger charge is -2.00. The summed E-state index contributed by atoms with van der Waals surface area (Å²) < 4.78 is 5.70. The summed E-state index contributed by atoms with van der Waals surface area (Å²) in [5.74, 6) is -0.392. The molecule has 0 saturated heterocycles. The van der Waals surface area contributed by atoms with Crippen LogP contribution in [0.25, 0.3) is 11.0 Å². The van der Waals surface area contributed by atoms with Crippen molar-refractivity contribution < 1.29 is 9.53 Å². The standard InChI is InChI=1S/C10H9BrN2O2/c1-2-15-10(14)7-4-3-6-8(12-7)5-9(11)13-6/h3-5,13H,2H2,1H3. The molecular formula is C10H9BrN2O2. The van der Waals surface area contributed by atoms with Gasteiger partial charge in [-0.05, 0) is 41.1 Å². The molecule has 0 saturated carbocycles. The van der Waals surface area contributed by atoms with E-state index in [-0.39, 0.29) is 0 Å². The molecule has 0 aliphatic heterocycles. The van der Waals surface area contributed by atoms with E-state index < -0.39 is 5.97 Å². The molecule has 0 aliphatic rings. The molecular weight excluding hydrogens is 260 g/mol. The third-order valence-electron chi connectivity index (χ3n) is 1.93. The Morgan fingerprint density at radius 3 is 3.13 bits per heavy atom. The number of H-pyrrole nitrogens is 1. The van der Waals surface area contributed by atoms with E-state index in [0.717, 1.165) is 15.6 Å². The number of nitrogens with zero attached hydrogens (tertiary/aromatic N) is 1. The van der Waals surface area contributed by atoms with Crippen molar-refractivity contribution in [1.29, 1.82) is 0 Å². The van der Waals surface area contributed by atoms with Gasteiger partial charge in [0.2, 0.25) is 0 Å². The smallest absolute Gasteiger partial charge is 0.356 e. The van der Waals surface area contributed by atoms with Gasteiger partial charge in [-0.15, -0.1) is 0 Å². The molecule has 0 aromatic carbocycles. The molecule has 2 heterocycles. The number of carbonyl (C=O) groups is 1. The first-order chi connectivity index (χ1) is 7.20. The average Bonchev–Trinajstić information content (AvgIpc) is 2.57. The monoisotopic (exact) mass is 268 g/mol. The molecule has 0 fully saturated rings. The first-order valence-electron chi connectivity index (χ1n) is 4.53. The second-order valence-corrected chi connectivity index (χ2v) is 3.82. The summed E-state index contributed by atoms with van der Waals surface area (Å²) in [5, 5.41) is 0. The summed E-state index contributed by atoms with van der Waals surface area (Å²) in [6, 6.07) is 5.26. The molecule has 1 N–H and O–H groups in total. The van der Waals surface area contributed by atoms with E-state index in [1.165, 1.54) is 0 Å². The van der Waals surface area contributed by atoms with Gasteiger partial charge in [0.15, 0.2) is 0 Å². The molecule has 2 aromatic rings. The fraction of sp³-hybridized carbons (Fsp3) is 0.200. The van der Waals surface area contributed by atoms with Crippen molar-refractivity contribution in [3.63, 3.8) is 0 Å². The van der Waals surface area contributed by atoms with Crippen LogP contribution in [0.1, 0.15) is 17.4 Å². The van der Waals surface area contributed by atoms with Crippen LogP contribution in [0.3, 0.4) is 0 Å². The molecule has 0 atom stereocenters. The number of ether oxygens (including phenoxy) is 1. The highest BCUT2D eigenvalue weighted by Gasteiger charge is 2.09. The van der Waals surface area contributed by atoms with E-state index in [1.807, 2.05) is 6.07 Å². The predicted octanol–water partition coefficient (Wildman–Crippen LogP) is 2.50. The van der Waals surface area contributed by atoms with Crippen LogP contribution in [0.4, 0.5) is 0 Å². The maximum absolute atomic E-state index is 11.4. The summed E-state index contributed by atoms with van der Waals surface area (Å²) in [4.78, 5) is 18.6. The van der Waals surface area contributed by atoms with Crippen molar-refractivity contribution in [2.24, 2.45) is 0 Å². The minimum atomic E-state index is -0.392. The molecule has 0 bridgehead atoms. The minimum absolute atomic E-state index is 0.329. The van der Waals surface area contributed by atoms with Crippen LogP contribution in [-0.4, -0.2) is 22.5 Å². The average molecular weight is 269 g/mol. The zero-order chi connectivity index (χ0) is 10.8. The lowest BCUT2D eigenvalue weighted by Crippen LogP contribution is -2.06. The number of hydrogen-bond acceptors (Lipinski definition) is 3. The van der Waals surface area contributed by atoms with Gasteiger partial charge in [-0.1, -0.05) is 0 Å². The minimum Gasteiger partial charge on any atom is -0.461 e. The van der Waals surface area contributed by atoms with Crippen molar-refractivity contribution in [1.82, 2.24) is 9.97 Å². The Bertz CT molecular complexity index is 507. The Kier molecular flexibility index (Phi) is 2.73. The van der Waals surface area contributed by atoms with Gasteiger partial charge >= 0.3 is 5.97 Å². The molecule has 78 valence electrons. The normalized spacial score (nSPS) is 10.5. The summed E-state index contributed by atoms with van der Waals surface area (Å²) in [5.41, 5.74) is 1.96. The summed E-state index contributed by atoms with van der Waals surface area (Å²) in [6.07, 6.45) is 0. The van der Waals surface area contributed by atoms with E-state index in [1.54, 1.807) is 19.1 Å². The van der Waals surface area contributed by atoms with E-state index in [0.29, 0.717) is 12.3 Å². The first kappa shape index (κ1) is 10.2. The Hall–Kier alpha value is -1.36. The quantitative estimate of drug-likeness (QED) is 0.852. The van der Waals surface area contributed by atoms with E-state index in [4.69, 9.17) is 4.74 Å². The summed E-state index contributed by atoms with van der Waals surface area (Å²) >= 11 is 3.31. The molecule has 0 amide bonds. The van der Waals surface area contributed by atoms with Crippen LogP contribution >= 0.6 is 15.9 Å². The number of esters is 1. The molecule has 2 rings (SSSR count). The van der Waals surface area contributed by atoms with Gasteiger partial charge in [0, 0.05) is 0 Å². The van der Waals surface area contributed by atoms with Gasteiger partial charge in [0.25, 0.3) is 0 Å². The zero-order valence-corrected chi connectivity index (χ0v) is 9.67. The van der Waals surface area contributed by atoms with Gasteiger partial charge < -0.3 is 9.72 Å². The van der Waals surface area contributed by atoms with E-state index in [9.17, 15) is 4.79 Å². The van der Waals surface area contributed by atoms with Crippen LogP contribution in [0.15, 0.2) is 22.8 Å². The van der Waals surface area contributed by atoms with Gasteiger partial charge in [0.1, 0.15) is 5.69 Å².